The van der Waals surface area contributed by atoms with Crippen LogP contribution in [0.4, 0.5) is 10.5 Å². The van der Waals surface area contributed by atoms with Crippen molar-refractivity contribution >= 4 is 11.8 Å². The van der Waals surface area contributed by atoms with E-state index >= 15 is 0 Å². The summed E-state index contributed by atoms with van der Waals surface area (Å²) in [6.45, 7) is 7.90. The first kappa shape index (κ1) is 17.1. The molecule has 0 bridgehead atoms. The normalized spacial score (nSPS) is 21.2. The van der Waals surface area contributed by atoms with Gasteiger partial charge in [-0.2, -0.15) is 0 Å². The molecule has 1 heterocycles. The summed E-state index contributed by atoms with van der Waals surface area (Å²) < 4.78 is 4.78. The van der Waals surface area contributed by atoms with Crippen molar-refractivity contribution in [1.82, 2.24) is 10.2 Å². The predicted octanol–water partition coefficient (Wildman–Crippen LogP) is 2.95. The summed E-state index contributed by atoms with van der Waals surface area (Å²) in [5.74, 6) is 0. The van der Waals surface area contributed by atoms with Crippen molar-refractivity contribution in [2.45, 2.75) is 38.6 Å². The van der Waals surface area contributed by atoms with Gasteiger partial charge < -0.3 is 15.0 Å². The zero-order valence-electron chi connectivity index (χ0n) is 14.9. The quantitative estimate of drug-likeness (QED) is 0.921. The number of ether oxygens (including phenoxy) is 1. The van der Waals surface area contributed by atoms with E-state index in [-0.39, 0.29) is 12.1 Å². The van der Waals surface area contributed by atoms with Crippen LogP contribution in [0, 0.1) is 0 Å². The van der Waals surface area contributed by atoms with E-state index in [1.165, 1.54) is 36.9 Å². The zero-order chi connectivity index (χ0) is 16.9. The summed E-state index contributed by atoms with van der Waals surface area (Å²) in [4.78, 5) is 16.7. The monoisotopic (exact) mass is 331 g/mol. The van der Waals surface area contributed by atoms with Gasteiger partial charge in [-0.15, -0.1) is 0 Å². The molecule has 3 rings (SSSR count). The van der Waals surface area contributed by atoms with Crippen molar-refractivity contribution in [3.8, 4) is 0 Å². The van der Waals surface area contributed by atoms with Gasteiger partial charge in [0.25, 0.3) is 0 Å². The third kappa shape index (κ3) is 3.66. The van der Waals surface area contributed by atoms with Crippen LogP contribution in [0.5, 0.6) is 0 Å². The lowest BCUT2D eigenvalue weighted by molar-refractivity contribution is 0.165. The Balaban J connectivity index is 1.76. The molecule has 1 unspecified atom stereocenters. The van der Waals surface area contributed by atoms with Gasteiger partial charge in [0.2, 0.25) is 0 Å². The molecule has 0 saturated carbocycles. The summed E-state index contributed by atoms with van der Waals surface area (Å²) in [5, 5.41) is 2.99. The van der Waals surface area contributed by atoms with E-state index in [9.17, 15) is 4.79 Å². The summed E-state index contributed by atoms with van der Waals surface area (Å²) in [5.41, 5.74) is 4.04. The first-order chi connectivity index (χ1) is 11.7. The van der Waals surface area contributed by atoms with Crippen LogP contribution in [0.1, 0.15) is 43.4 Å². The second-order valence-corrected chi connectivity index (χ2v) is 6.75. The Morgan fingerprint density at radius 2 is 2.08 bits per heavy atom. The average molecular weight is 331 g/mol. The van der Waals surface area contributed by atoms with Crippen molar-refractivity contribution in [2.75, 3.05) is 44.7 Å². The topological polar surface area (TPSA) is 44.8 Å². The number of anilines is 1. The van der Waals surface area contributed by atoms with E-state index in [1.54, 1.807) is 0 Å². The predicted molar refractivity (Wildman–Crippen MR) is 96.6 cm³/mol. The fourth-order valence-electron chi connectivity index (χ4n) is 4.01. The molecule has 1 saturated heterocycles. The second-order valence-electron chi connectivity index (χ2n) is 6.75. The van der Waals surface area contributed by atoms with Crippen LogP contribution in [0.15, 0.2) is 18.2 Å². The Labute approximate surface area is 145 Å². The third-order valence-corrected chi connectivity index (χ3v) is 5.21. The van der Waals surface area contributed by atoms with Crippen LogP contribution in [-0.2, 0) is 11.2 Å². The number of rotatable bonds is 4. The number of amides is 1. The number of hydrogen-bond acceptors (Lipinski definition) is 4. The molecule has 0 radical (unpaired) electrons. The second kappa shape index (κ2) is 7.88. The highest BCUT2D eigenvalue weighted by Gasteiger charge is 2.26. The highest BCUT2D eigenvalue weighted by molar-refractivity contribution is 5.68. The number of nitrogens with zero attached hydrogens (tertiary/aromatic N) is 2. The molecule has 1 aromatic carbocycles. The minimum absolute atomic E-state index is 0.0718. The lowest BCUT2D eigenvalue weighted by Crippen LogP contribution is -2.47. The van der Waals surface area contributed by atoms with Gasteiger partial charge in [-0.05, 0) is 49.4 Å². The van der Waals surface area contributed by atoms with Crippen molar-refractivity contribution in [3.63, 3.8) is 0 Å². The minimum atomic E-state index is -0.341. The highest BCUT2D eigenvalue weighted by Crippen LogP contribution is 2.36. The molecule has 1 fully saturated rings. The number of piperazine rings is 1. The van der Waals surface area contributed by atoms with Crippen LogP contribution in [0.2, 0.25) is 0 Å². The van der Waals surface area contributed by atoms with Gasteiger partial charge in [-0.25, -0.2) is 4.79 Å². The van der Waals surface area contributed by atoms with E-state index in [0.29, 0.717) is 0 Å². The Bertz CT molecular complexity index is 568. The van der Waals surface area contributed by atoms with Crippen molar-refractivity contribution in [3.05, 3.63) is 29.3 Å². The lowest BCUT2D eigenvalue weighted by atomic mass is 9.86. The molecule has 1 aliphatic carbocycles. The summed E-state index contributed by atoms with van der Waals surface area (Å²) in [7, 11) is 1.42. The van der Waals surface area contributed by atoms with Crippen LogP contribution in [0.3, 0.4) is 0 Å². The van der Waals surface area contributed by atoms with Crippen LogP contribution >= 0.6 is 0 Å². The van der Waals surface area contributed by atoms with E-state index < -0.39 is 0 Å². The molecule has 24 heavy (non-hydrogen) atoms. The van der Waals surface area contributed by atoms with Gasteiger partial charge in [0.05, 0.1) is 13.2 Å². The van der Waals surface area contributed by atoms with E-state index in [0.717, 1.165) is 45.4 Å². The number of fused-ring (bicyclic) bond motifs is 1. The molecule has 1 atom stereocenters. The van der Waals surface area contributed by atoms with Gasteiger partial charge in [0.1, 0.15) is 0 Å². The number of hydrogen-bond donors (Lipinski definition) is 1. The van der Waals surface area contributed by atoms with Gasteiger partial charge in [0.15, 0.2) is 0 Å². The standard InChI is InChI=1S/C19H29N3O2/c1-3-10-21-11-13-22(14-12-21)18-9-5-6-15-16(18)7-4-8-17(15)20-19(23)24-2/h5-6,9,17H,3-4,7-8,10-14H2,1-2H3,(H,20,23). The number of carbonyl (C=O) groups is 1. The van der Waals surface area contributed by atoms with Crippen molar-refractivity contribution in [2.24, 2.45) is 0 Å². The van der Waals surface area contributed by atoms with Crippen LogP contribution in [0.25, 0.3) is 0 Å². The molecular formula is C19H29N3O2. The maximum Gasteiger partial charge on any atom is 0.407 e. The first-order valence-electron chi connectivity index (χ1n) is 9.16. The largest absolute Gasteiger partial charge is 0.453 e. The molecule has 2 aliphatic rings. The molecule has 5 nitrogen and oxygen atoms in total. The molecule has 1 aliphatic heterocycles. The fraction of sp³-hybridized carbons (Fsp3) is 0.632. The van der Waals surface area contributed by atoms with Crippen molar-refractivity contribution < 1.29 is 9.53 Å². The summed E-state index contributed by atoms with van der Waals surface area (Å²) in [6, 6.07) is 6.60. The van der Waals surface area contributed by atoms with Crippen molar-refractivity contribution in [1.29, 1.82) is 0 Å². The molecule has 1 amide bonds. The third-order valence-electron chi connectivity index (χ3n) is 5.21. The average Bonchev–Trinajstić information content (AvgIpc) is 2.62. The van der Waals surface area contributed by atoms with E-state index in [2.05, 4.69) is 40.2 Å². The van der Waals surface area contributed by atoms with Gasteiger partial charge in [-0.1, -0.05) is 19.1 Å². The molecule has 5 heteroatoms. The number of carbonyl (C=O) groups excluding carboxylic acids is 1. The lowest BCUT2D eigenvalue weighted by Gasteiger charge is -2.38. The van der Waals surface area contributed by atoms with Gasteiger partial charge in [-0.3, -0.25) is 4.90 Å². The SMILES string of the molecule is CCCN1CCN(c2cccc3c2CCCC3NC(=O)OC)CC1. The molecule has 0 aromatic heterocycles. The van der Waals surface area contributed by atoms with Gasteiger partial charge in [0, 0.05) is 31.9 Å². The number of benzene rings is 1. The molecule has 132 valence electrons. The molecule has 1 aromatic rings. The summed E-state index contributed by atoms with van der Waals surface area (Å²) in [6.07, 6.45) is 4.07. The molecule has 1 N–H and O–H groups in total. The smallest absolute Gasteiger partial charge is 0.407 e. The molecule has 0 spiro atoms. The Kier molecular flexibility index (Phi) is 5.61. The Morgan fingerprint density at radius 3 is 2.79 bits per heavy atom. The van der Waals surface area contributed by atoms with Crippen LogP contribution in [-0.4, -0.2) is 50.8 Å². The first-order valence-corrected chi connectivity index (χ1v) is 9.16. The Morgan fingerprint density at radius 1 is 1.29 bits per heavy atom. The maximum absolute atomic E-state index is 11.6. The number of methoxy groups -OCH3 is 1. The van der Waals surface area contributed by atoms with Gasteiger partial charge >= 0.3 is 6.09 Å². The number of nitrogens with one attached hydrogen (secondary N) is 1. The van der Waals surface area contributed by atoms with E-state index in [4.69, 9.17) is 4.74 Å². The molecular weight excluding hydrogens is 302 g/mol. The number of alkyl carbamates (subject to hydrolysis) is 1. The maximum atomic E-state index is 11.6. The zero-order valence-corrected chi connectivity index (χ0v) is 14.9. The Hall–Kier alpha value is -1.75. The van der Waals surface area contributed by atoms with E-state index in [1.807, 2.05) is 0 Å². The summed E-state index contributed by atoms with van der Waals surface area (Å²) >= 11 is 0. The minimum Gasteiger partial charge on any atom is -0.453 e. The fourth-order valence-corrected chi connectivity index (χ4v) is 4.01. The van der Waals surface area contributed by atoms with Crippen LogP contribution < -0.4 is 10.2 Å². The highest BCUT2D eigenvalue weighted by atomic mass is 16.5.